The summed E-state index contributed by atoms with van der Waals surface area (Å²) in [4.78, 5) is 12.4. The lowest BCUT2D eigenvalue weighted by atomic mass is 10.0. The van der Waals surface area contributed by atoms with Gasteiger partial charge in [0.25, 0.3) is 0 Å². The fraction of sp³-hybridized carbons (Fsp3) is 0.292. The molecule has 3 rings (SSSR count). The summed E-state index contributed by atoms with van der Waals surface area (Å²) in [5.41, 5.74) is 3.00. The van der Waals surface area contributed by atoms with E-state index in [2.05, 4.69) is 60.2 Å². The highest BCUT2D eigenvalue weighted by atomic mass is 32.2. The fourth-order valence-electron chi connectivity index (χ4n) is 3.05. The number of nitrogens with zero attached hydrogens (tertiary/aromatic N) is 3. The number of amides is 1. The van der Waals surface area contributed by atoms with Gasteiger partial charge in [0.1, 0.15) is 5.75 Å². The second kappa shape index (κ2) is 10.8. The molecule has 162 valence electrons. The molecular weight excluding hydrogens is 408 g/mol. The molecule has 1 amide bonds. The molecular formula is C24H28N4O2S. The maximum Gasteiger partial charge on any atom is 0.234 e. The van der Waals surface area contributed by atoms with Crippen LogP contribution in [0, 0.1) is 0 Å². The first-order valence-corrected chi connectivity index (χ1v) is 11.3. The number of rotatable bonds is 10. The third kappa shape index (κ3) is 5.98. The summed E-state index contributed by atoms with van der Waals surface area (Å²) >= 11 is 1.35. The van der Waals surface area contributed by atoms with Crippen LogP contribution < -0.4 is 10.1 Å². The molecule has 0 saturated carbocycles. The van der Waals surface area contributed by atoms with E-state index in [4.69, 9.17) is 4.74 Å². The molecule has 6 nitrogen and oxygen atoms in total. The third-order valence-corrected chi connectivity index (χ3v) is 5.61. The molecule has 0 unspecified atom stereocenters. The van der Waals surface area contributed by atoms with Gasteiger partial charge in [0.05, 0.1) is 12.4 Å². The maximum absolute atomic E-state index is 12.4. The van der Waals surface area contributed by atoms with E-state index in [0.717, 1.165) is 22.8 Å². The number of carbonyl (C=O) groups is 1. The summed E-state index contributed by atoms with van der Waals surface area (Å²) in [6, 6.07) is 15.7. The SMILES string of the molecule is C=CCn1c(SCC(=O)Nc2ccc(OCC)cc2)nnc1-c1ccc(C(C)C)cc1. The smallest absolute Gasteiger partial charge is 0.234 e. The van der Waals surface area contributed by atoms with Crippen LogP contribution in [-0.4, -0.2) is 33.0 Å². The lowest BCUT2D eigenvalue weighted by Gasteiger charge is -2.10. The Hall–Kier alpha value is -3.06. The number of ether oxygens (including phenoxy) is 1. The Morgan fingerprint density at radius 2 is 1.87 bits per heavy atom. The van der Waals surface area contributed by atoms with Gasteiger partial charge in [-0.1, -0.05) is 56.0 Å². The average molecular weight is 437 g/mol. The fourth-order valence-corrected chi connectivity index (χ4v) is 3.80. The largest absolute Gasteiger partial charge is 0.494 e. The summed E-state index contributed by atoms with van der Waals surface area (Å²) in [5, 5.41) is 12.3. The standard InChI is InChI=1S/C24H28N4O2S/c1-5-15-28-23(19-9-7-18(8-10-19)17(3)4)26-27-24(28)31-16-22(29)25-20-11-13-21(14-12-20)30-6-2/h5,7-14,17H,1,6,15-16H2,2-4H3,(H,25,29). The van der Waals surface area contributed by atoms with Crippen LogP contribution in [0.1, 0.15) is 32.3 Å². The summed E-state index contributed by atoms with van der Waals surface area (Å²) in [6.07, 6.45) is 1.80. The van der Waals surface area contributed by atoms with E-state index in [0.29, 0.717) is 24.2 Å². The molecule has 1 heterocycles. The Bertz CT molecular complexity index is 1010. The Balaban J connectivity index is 1.67. The van der Waals surface area contributed by atoms with Crippen molar-refractivity contribution in [2.24, 2.45) is 0 Å². The Morgan fingerprint density at radius 1 is 1.16 bits per heavy atom. The molecule has 0 aliphatic carbocycles. The highest BCUT2D eigenvalue weighted by Crippen LogP contribution is 2.26. The minimum atomic E-state index is -0.106. The first-order valence-electron chi connectivity index (χ1n) is 10.3. The van der Waals surface area contributed by atoms with Gasteiger partial charge >= 0.3 is 0 Å². The molecule has 3 aromatic rings. The zero-order chi connectivity index (χ0) is 22.2. The van der Waals surface area contributed by atoms with Gasteiger partial charge in [0.2, 0.25) is 5.91 Å². The predicted molar refractivity (Wildman–Crippen MR) is 127 cm³/mol. The minimum Gasteiger partial charge on any atom is -0.494 e. The van der Waals surface area contributed by atoms with Crippen LogP contribution >= 0.6 is 11.8 Å². The van der Waals surface area contributed by atoms with Crippen molar-refractivity contribution in [1.82, 2.24) is 14.8 Å². The number of anilines is 1. The average Bonchev–Trinajstić information content (AvgIpc) is 3.17. The number of hydrogen-bond acceptors (Lipinski definition) is 5. The van der Waals surface area contributed by atoms with Crippen LogP contribution in [0.3, 0.4) is 0 Å². The van der Waals surface area contributed by atoms with Crippen molar-refractivity contribution in [2.75, 3.05) is 17.7 Å². The van der Waals surface area contributed by atoms with Crippen molar-refractivity contribution in [3.8, 4) is 17.1 Å². The first kappa shape index (κ1) is 22.6. The molecule has 0 bridgehead atoms. The molecule has 1 N–H and O–H groups in total. The normalized spacial score (nSPS) is 10.8. The van der Waals surface area contributed by atoms with Gasteiger partial charge in [-0.05, 0) is 42.7 Å². The van der Waals surface area contributed by atoms with Crippen molar-refractivity contribution in [3.05, 3.63) is 66.7 Å². The highest BCUT2D eigenvalue weighted by Gasteiger charge is 2.15. The topological polar surface area (TPSA) is 69.0 Å². The molecule has 0 saturated heterocycles. The second-order valence-electron chi connectivity index (χ2n) is 7.28. The number of allylic oxidation sites excluding steroid dienone is 1. The molecule has 0 aliphatic heterocycles. The van der Waals surface area contributed by atoms with Gasteiger partial charge in [-0.3, -0.25) is 9.36 Å². The number of aromatic nitrogens is 3. The number of benzene rings is 2. The molecule has 7 heteroatoms. The van der Waals surface area contributed by atoms with Crippen LogP contribution in [-0.2, 0) is 11.3 Å². The Labute approximate surface area is 187 Å². The predicted octanol–water partition coefficient (Wildman–Crippen LogP) is 5.38. The molecule has 1 aromatic heterocycles. The van der Waals surface area contributed by atoms with E-state index in [9.17, 15) is 4.79 Å². The lowest BCUT2D eigenvalue weighted by molar-refractivity contribution is -0.113. The molecule has 0 spiro atoms. The monoisotopic (exact) mass is 436 g/mol. The van der Waals surface area contributed by atoms with E-state index < -0.39 is 0 Å². The van der Waals surface area contributed by atoms with E-state index >= 15 is 0 Å². The van der Waals surface area contributed by atoms with Crippen molar-refractivity contribution < 1.29 is 9.53 Å². The summed E-state index contributed by atoms with van der Waals surface area (Å²) in [6.45, 7) is 11.3. The second-order valence-corrected chi connectivity index (χ2v) is 8.22. The third-order valence-electron chi connectivity index (χ3n) is 4.65. The lowest BCUT2D eigenvalue weighted by Crippen LogP contribution is -2.14. The van der Waals surface area contributed by atoms with Crippen LogP contribution in [0.15, 0.2) is 66.3 Å². The molecule has 0 aliphatic rings. The van der Waals surface area contributed by atoms with Crippen LogP contribution in [0.25, 0.3) is 11.4 Å². The first-order chi connectivity index (χ1) is 15.0. The highest BCUT2D eigenvalue weighted by molar-refractivity contribution is 7.99. The van der Waals surface area contributed by atoms with Gasteiger partial charge in [-0.15, -0.1) is 16.8 Å². The van der Waals surface area contributed by atoms with Gasteiger partial charge in [-0.2, -0.15) is 0 Å². The number of nitrogens with one attached hydrogen (secondary N) is 1. The Kier molecular flexibility index (Phi) is 7.89. The van der Waals surface area contributed by atoms with Crippen molar-refractivity contribution in [3.63, 3.8) is 0 Å². The van der Waals surface area contributed by atoms with Gasteiger partial charge in [0.15, 0.2) is 11.0 Å². The summed E-state index contributed by atoms with van der Waals surface area (Å²) in [5.74, 6) is 2.14. The zero-order valence-corrected chi connectivity index (χ0v) is 19.0. The number of hydrogen-bond donors (Lipinski definition) is 1. The van der Waals surface area contributed by atoms with E-state index in [1.165, 1.54) is 17.3 Å². The molecule has 2 aromatic carbocycles. The quantitative estimate of drug-likeness (QED) is 0.341. The van der Waals surface area contributed by atoms with Gasteiger partial charge < -0.3 is 10.1 Å². The van der Waals surface area contributed by atoms with Crippen molar-refractivity contribution in [2.45, 2.75) is 38.4 Å². The molecule has 31 heavy (non-hydrogen) atoms. The zero-order valence-electron chi connectivity index (χ0n) is 18.2. The maximum atomic E-state index is 12.4. The molecule has 0 atom stereocenters. The van der Waals surface area contributed by atoms with Crippen LogP contribution in [0.5, 0.6) is 5.75 Å². The van der Waals surface area contributed by atoms with E-state index in [1.54, 1.807) is 6.08 Å². The van der Waals surface area contributed by atoms with Crippen molar-refractivity contribution >= 4 is 23.4 Å². The van der Waals surface area contributed by atoms with Crippen molar-refractivity contribution in [1.29, 1.82) is 0 Å². The van der Waals surface area contributed by atoms with Crippen LogP contribution in [0.2, 0.25) is 0 Å². The van der Waals surface area contributed by atoms with Gasteiger partial charge in [0, 0.05) is 17.8 Å². The number of thioether (sulfide) groups is 1. The number of carbonyl (C=O) groups excluding carboxylic acids is 1. The molecule has 0 fully saturated rings. The summed E-state index contributed by atoms with van der Waals surface area (Å²) < 4.78 is 7.40. The van der Waals surface area contributed by atoms with Gasteiger partial charge in [-0.25, -0.2) is 0 Å². The van der Waals surface area contributed by atoms with Crippen LogP contribution in [0.4, 0.5) is 5.69 Å². The minimum absolute atomic E-state index is 0.106. The summed E-state index contributed by atoms with van der Waals surface area (Å²) in [7, 11) is 0. The van der Waals surface area contributed by atoms with E-state index in [1.807, 2.05) is 35.8 Å². The Morgan fingerprint density at radius 3 is 2.48 bits per heavy atom. The molecule has 0 radical (unpaired) electrons. The van der Waals surface area contributed by atoms with E-state index in [-0.39, 0.29) is 11.7 Å².